The normalized spacial score (nSPS) is 11.9. The first-order chi connectivity index (χ1) is 9.97. The van der Waals surface area contributed by atoms with Gasteiger partial charge in [-0.3, -0.25) is 9.59 Å². The minimum atomic E-state index is -1.14. The van der Waals surface area contributed by atoms with Crippen LogP contribution >= 0.6 is 0 Å². The van der Waals surface area contributed by atoms with E-state index in [-0.39, 0.29) is 18.7 Å². The van der Waals surface area contributed by atoms with E-state index in [2.05, 4.69) is 12.2 Å². The summed E-state index contributed by atoms with van der Waals surface area (Å²) >= 11 is 0. The van der Waals surface area contributed by atoms with Gasteiger partial charge in [-0.05, 0) is 12.8 Å². The Hall–Kier alpha value is -1.59. The number of hydrogen-bond acceptors (Lipinski definition) is 3. The molecule has 0 aliphatic rings. The van der Waals surface area contributed by atoms with Gasteiger partial charge in [0.15, 0.2) is 0 Å². The molecule has 21 heavy (non-hydrogen) atoms. The Morgan fingerprint density at radius 1 is 1.00 bits per heavy atom. The summed E-state index contributed by atoms with van der Waals surface area (Å²) in [5, 5.41) is 11.4. The molecule has 122 valence electrons. The lowest BCUT2D eigenvalue weighted by molar-refractivity contribution is -0.142. The van der Waals surface area contributed by atoms with Crippen molar-refractivity contribution in [3.8, 4) is 0 Å². The number of nitrogens with one attached hydrogen (secondary N) is 1. The Morgan fingerprint density at radius 2 is 1.57 bits per heavy atom. The largest absolute Gasteiger partial charge is 0.480 e. The van der Waals surface area contributed by atoms with Crippen LogP contribution in [0.25, 0.3) is 0 Å². The average molecular weight is 300 g/mol. The molecule has 0 unspecified atom stereocenters. The molecule has 0 aliphatic heterocycles. The molecular formula is C15H28N2O4. The van der Waals surface area contributed by atoms with Crippen molar-refractivity contribution >= 4 is 17.8 Å². The second-order valence-corrected chi connectivity index (χ2v) is 5.33. The van der Waals surface area contributed by atoms with Gasteiger partial charge in [-0.25, -0.2) is 4.79 Å². The number of amides is 2. The van der Waals surface area contributed by atoms with E-state index in [1.54, 1.807) is 0 Å². The molecule has 0 bridgehead atoms. The molecule has 4 N–H and O–H groups in total. The number of aliphatic carboxylic acids is 1. The highest BCUT2D eigenvalue weighted by molar-refractivity contribution is 5.84. The van der Waals surface area contributed by atoms with Gasteiger partial charge in [-0.1, -0.05) is 45.4 Å². The van der Waals surface area contributed by atoms with E-state index in [0.717, 1.165) is 19.3 Å². The van der Waals surface area contributed by atoms with E-state index in [4.69, 9.17) is 10.8 Å². The first-order valence-corrected chi connectivity index (χ1v) is 7.77. The predicted octanol–water partition coefficient (Wildman–Crippen LogP) is 1.96. The van der Waals surface area contributed by atoms with Gasteiger partial charge in [0.25, 0.3) is 0 Å². The molecule has 0 rings (SSSR count). The molecule has 0 aromatic heterocycles. The minimum Gasteiger partial charge on any atom is -0.480 e. The highest BCUT2D eigenvalue weighted by Gasteiger charge is 2.19. The smallest absolute Gasteiger partial charge is 0.326 e. The quantitative estimate of drug-likeness (QED) is 0.452. The lowest BCUT2D eigenvalue weighted by Gasteiger charge is -2.13. The van der Waals surface area contributed by atoms with Crippen molar-refractivity contribution in [3.05, 3.63) is 0 Å². The Morgan fingerprint density at radius 3 is 2.10 bits per heavy atom. The third kappa shape index (κ3) is 11.9. The van der Waals surface area contributed by atoms with Crippen LogP contribution in [0.1, 0.15) is 71.1 Å². The summed E-state index contributed by atoms with van der Waals surface area (Å²) in [4.78, 5) is 33.3. The van der Waals surface area contributed by atoms with Gasteiger partial charge in [0.2, 0.25) is 11.8 Å². The highest BCUT2D eigenvalue weighted by Crippen LogP contribution is 2.08. The molecule has 0 aromatic rings. The molecule has 0 heterocycles. The van der Waals surface area contributed by atoms with Crippen molar-refractivity contribution in [1.29, 1.82) is 0 Å². The monoisotopic (exact) mass is 300 g/mol. The molecule has 1 atom stereocenters. The highest BCUT2D eigenvalue weighted by atomic mass is 16.4. The fourth-order valence-corrected chi connectivity index (χ4v) is 2.05. The van der Waals surface area contributed by atoms with Gasteiger partial charge in [-0.15, -0.1) is 0 Å². The summed E-state index contributed by atoms with van der Waals surface area (Å²) in [5.41, 5.74) is 4.98. The zero-order chi connectivity index (χ0) is 16.1. The van der Waals surface area contributed by atoms with Crippen LogP contribution in [0.3, 0.4) is 0 Å². The SMILES string of the molecule is CCCCCCCCCC(=O)N[C@H](CCC(N)=O)C(=O)O. The third-order valence-electron chi connectivity index (χ3n) is 3.32. The molecule has 0 radical (unpaired) electrons. The predicted molar refractivity (Wildman–Crippen MR) is 80.6 cm³/mol. The van der Waals surface area contributed by atoms with Gasteiger partial charge in [-0.2, -0.15) is 0 Å². The van der Waals surface area contributed by atoms with Crippen LogP contribution in [-0.4, -0.2) is 28.9 Å². The lowest BCUT2D eigenvalue weighted by Crippen LogP contribution is -2.41. The maximum atomic E-state index is 11.6. The first kappa shape index (κ1) is 19.4. The Balaban J connectivity index is 3.78. The van der Waals surface area contributed by atoms with Gasteiger partial charge >= 0.3 is 5.97 Å². The van der Waals surface area contributed by atoms with Crippen molar-refractivity contribution in [1.82, 2.24) is 5.32 Å². The van der Waals surface area contributed by atoms with Gasteiger partial charge in [0.05, 0.1) is 0 Å². The number of carbonyl (C=O) groups is 3. The molecule has 0 saturated heterocycles. The second kappa shape index (κ2) is 12.2. The van der Waals surface area contributed by atoms with Crippen LogP contribution in [0, 0.1) is 0 Å². The van der Waals surface area contributed by atoms with E-state index in [9.17, 15) is 14.4 Å². The number of carboxylic acid groups (broad SMARTS) is 1. The standard InChI is InChI=1S/C15H28N2O4/c1-2-3-4-5-6-7-8-9-14(19)17-12(15(20)21)10-11-13(16)18/h12H,2-11H2,1H3,(H2,16,18)(H,17,19)(H,20,21)/t12-/m1/s1. The van der Waals surface area contributed by atoms with E-state index in [1.807, 2.05) is 0 Å². The molecule has 6 nitrogen and oxygen atoms in total. The van der Waals surface area contributed by atoms with Crippen LogP contribution in [-0.2, 0) is 14.4 Å². The van der Waals surface area contributed by atoms with E-state index in [0.29, 0.717) is 6.42 Å². The van der Waals surface area contributed by atoms with Crippen LogP contribution in [0.2, 0.25) is 0 Å². The summed E-state index contributed by atoms with van der Waals surface area (Å²) in [6.07, 6.45) is 8.05. The Bertz CT molecular complexity index is 332. The van der Waals surface area contributed by atoms with Gasteiger partial charge in [0, 0.05) is 12.8 Å². The van der Waals surface area contributed by atoms with Crippen molar-refractivity contribution < 1.29 is 19.5 Å². The number of hydrogen-bond donors (Lipinski definition) is 3. The molecule has 0 aliphatic carbocycles. The molecule has 0 saturated carbocycles. The van der Waals surface area contributed by atoms with E-state index >= 15 is 0 Å². The number of carboxylic acids is 1. The number of unbranched alkanes of at least 4 members (excludes halogenated alkanes) is 6. The lowest BCUT2D eigenvalue weighted by atomic mass is 10.1. The van der Waals surface area contributed by atoms with Crippen molar-refractivity contribution in [2.75, 3.05) is 0 Å². The van der Waals surface area contributed by atoms with Crippen molar-refractivity contribution in [2.45, 2.75) is 77.2 Å². The summed E-state index contributed by atoms with van der Waals surface area (Å²) in [6, 6.07) is -1.03. The number of carbonyl (C=O) groups excluding carboxylic acids is 2. The Kier molecular flexibility index (Phi) is 11.3. The van der Waals surface area contributed by atoms with Crippen LogP contribution < -0.4 is 11.1 Å². The summed E-state index contributed by atoms with van der Waals surface area (Å²) in [5.74, 6) is -1.98. The molecule has 0 fully saturated rings. The Labute approximate surface area is 126 Å². The van der Waals surface area contributed by atoms with Crippen LogP contribution in [0.5, 0.6) is 0 Å². The molecule has 0 spiro atoms. The summed E-state index contributed by atoms with van der Waals surface area (Å²) in [6.45, 7) is 2.17. The van der Waals surface area contributed by atoms with Crippen LogP contribution in [0.4, 0.5) is 0 Å². The van der Waals surface area contributed by atoms with Crippen molar-refractivity contribution in [2.24, 2.45) is 5.73 Å². The maximum absolute atomic E-state index is 11.6. The molecular weight excluding hydrogens is 272 g/mol. The number of nitrogens with two attached hydrogens (primary N) is 1. The molecule has 6 heteroatoms. The van der Waals surface area contributed by atoms with Gasteiger partial charge < -0.3 is 16.2 Å². The molecule has 0 aromatic carbocycles. The zero-order valence-electron chi connectivity index (χ0n) is 12.9. The maximum Gasteiger partial charge on any atom is 0.326 e. The fraction of sp³-hybridized carbons (Fsp3) is 0.800. The fourth-order valence-electron chi connectivity index (χ4n) is 2.05. The van der Waals surface area contributed by atoms with Crippen LogP contribution in [0.15, 0.2) is 0 Å². The molecule has 2 amide bonds. The zero-order valence-corrected chi connectivity index (χ0v) is 12.9. The second-order valence-electron chi connectivity index (χ2n) is 5.33. The van der Waals surface area contributed by atoms with E-state index < -0.39 is 17.9 Å². The number of primary amides is 1. The first-order valence-electron chi connectivity index (χ1n) is 7.77. The van der Waals surface area contributed by atoms with Gasteiger partial charge in [0.1, 0.15) is 6.04 Å². The third-order valence-corrected chi connectivity index (χ3v) is 3.32. The minimum absolute atomic E-state index is 0.0351. The average Bonchev–Trinajstić information content (AvgIpc) is 2.41. The summed E-state index contributed by atoms with van der Waals surface area (Å²) in [7, 11) is 0. The van der Waals surface area contributed by atoms with E-state index in [1.165, 1.54) is 25.7 Å². The topological polar surface area (TPSA) is 109 Å². The van der Waals surface area contributed by atoms with Crippen molar-refractivity contribution in [3.63, 3.8) is 0 Å². The summed E-state index contributed by atoms with van der Waals surface area (Å²) < 4.78 is 0. The number of rotatable bonds is 13.